The van der Waals surface area contributed by atoms with Gasteiger partial charge in [0.25, 0.3) is 0 Å². The molecular formula is C33H34F3NO4. The third-order valence-electron chi connectivity index (χ3n) is 6.92. The highest BCUT2D eigenvalue weighted by molar-refractivity contribution is 5.99. The number of hydrogen-bond donors (Lipinski definition) is 1. The molecule has 216 valence electrons. The van der Waals surface area contributed by atoms with E-state index in [1.807, 2.05) is 37.3 Å². The Bertz CT molecular complexity index is 1410. The van der Waals surface area contributed by atoms with Crippen molar-refractivity contribution in [2.75, 3.05) is 11.9 Å². The number of nitrogens with one attached hydrogen (secondary N) is 1. The lowest BCUT2D eigenvalue weighted by Crippen LogP contribution is -2.13. The number of carbonyl (C=O) groups excluding carboxylic acids is 2. The van der Waals surface area contributed by atoms with Crippen molar-refractivity contribution in [2.24, 2.45) is 0 Å². The van der Waals surface area contributed by atoms with E-state index in [0.29, 0.717) is 41.8 Å². The van der Waals surface area contributed by atoms with Gasteiger partial charge in [0.05, 0.1) is 17.7 Å². The fourth-order valence-corrected chi connectivity index (χ4v) is 4.93. The molecule has 0 radical (unpaired) electrons. The molecule has 0 heterocycles. The normalized spacial score (nSPS) is 13.3. The Balaban J connectivity index is 1.80. The summed E-state index contributed by atoms with van der Waals surface area (Å²) in [5.74, 6) is -0.357. The smallest absolute Gasteiger partial charge is 0.416 e. The molecule has 0 atom stereocenters. The Morgan fingerprint density at radius 1 is 0.927 bits per heavy atom. The van der Waals surface area contributed by atoms with E-state index in [1.165, 1.54) is 6.07 Å². The maximum absolute atomic E-state index is 13.8. The van der Waals surface area contributed by atoms with Gasteiger partial charge in [-0.1, -0.05) is 43.7 Å². The topological polar surface area (TPSA) is 64.6 Å². The lowest BCUT2D eigenvalue weighted by atomic mass is 9.93. The van der Waals surface area contributed by atoms with E-state index in [1.54, 1.807) is 25.1 Å². The van der Waals surface area contributed by atoms with Crippen molar-refractivity contribution in [3.63, 3.8) is 0 Å². The quantitative estimate of drug-likeness (QED) is 0.236. The molecule has 0 aromatic heterocycles. The number of carbonyl (C=O) groups is 2. The molecule has 4 rings (SSSR count). The monoisotopic (exact) mass is 565 g/mol. The van der Waals surface area contributed by atoms with Gasteiger partial charge in [0.15, 0.2) is 0 Å². The molecule has 3 aromatic rings. The van der Waals surface area contributed by atoms with Crippen molar-refractivity contribution in [2.45, 2.75) is 65.2 Å². The summed E-state index contributed by atoms with van der Waals surface area (Å²) >= 11 is 0. The second kappa shape index (κ2) is 13.5. The van der Waals surface area contributed by atoms with Gasteiger partial charge in [-0.25, -0.2) is 4.79 Å². The standard InChI is InChI=1S/C33H34F3NO4/c1-3-5-14-31(38)37-26-18-23(17-24(19-26)32(39)40-4-2)27-12-9-13-28(27)29-20-25(33(34,35)36)15-16-30(29)41-21-22-10-7-6-8-11-22/h6-8,10-11,15-20H,3-5,9,12-14,21H2,1-2H3,(H,37,38). The van der Waals surface area contributed by atoms with Crippen molar-refractivity contribution in [1.29, 1.82) is 0 Å². The summed E-state index contributed by atoms with van der Waals surface area (Å²) in [6.45, 7) is 4.08. The molecule has 0 bridgehead atoms. The number of anilines is 1. The summed E-state index contributed by atoms with van der Waals surface area (Å²) in [7, 11) is 0. The molecule has 3 aromatic carbocycles. The number of ether oxygens (including phenoxy) is 2. The van der Waals surface area contributed by atoms with Gasteiger partial charge in [-0.15, -0.1) is 0 Å². The van der Waals surface area contributed by atoms with Gasteiger partial charge in [-0.3, -0.25) is 4.79 Å². The maximum atomic E-state index is 13.8. The highest BCUT2D eigenvalue weighted by Gasteiger charge is 2.32. The predicted molar refractivity (Wildman–Crippen MR) is 153 cm³/mol. The zero-order valence-corrected chi connectivity index (χ0v) is 23.3. The highest BCUT2D eigenvalue weighted by atomic mass is 19.4. The van der Waals surface area contributed by atoms with E-state index < -0.39 is 17.7 Å². The van der Waals surface area contributed by atoms with Crippen LogP contribution in [0.1, 0.15) is 85.0 Å². The molecule has 0 saturated carbocycles. The van der Waals surface area contributed by atoms with Crippen LogP contribution < -0.4 is 10.1 Å². The fraction of sp³-hybridized carbons (Fsp3) is 0.333. The summed E-state index contributed by atoms with van der Waals surface area (Å²) in [4.78, 5) is 25.2. The van der Waals surface area contributed by atoms with Crippen LogP contribution in [-0.2, 0) is 22.3 Å². The molecule has 0 spiro atoms. The molecule has 41 heavy (non-hydrogen) atoms. The molecule has 1 N–H and O–H groups in total. The number of allylic oxidation sites excluding steroid dienone is 2. The molecular weight excluding hydrogens is 531 g/mol. The highest BCUT2D eigenvalue weighted by Crippen LogP contribution is 2.45. The van der Waals surface area contributed by atoms with Gasteiger partial charge in [0, 0.05) is 17.7 Å². The van der Waals surface area contributed by atoms with Crippen LogP contribution in [-0.4, -0.2) is 18.5 Å². The average molecular weight is 566 g/mol. The Kier molecular flexibility index (Phi) is 9.86. The van der Waals surface area contributed by atoms with Crippen molar-refractivity contribution >= 4 is 28.7 Å². The Morgan fingerprint density at radius 2 is 1.68 bits per heavy atom. The van der Waals surface area contributed by atoms with Crippen molar-refractivity contribution in [1.82, 2.24) is 0 Å². The fourth-order valence-electron chi connectivity index (χ4n) is 4.93. The van der Waals surface area contributed by atoms with Crippen LogP contribution >= 0.6 is 0 Å². The van der Waals surface area contributed by atoms with Crippen LogP contribution in [0.4, 0.5) is 18.9 Å². The average Bonchev–Trinajstić information content (AvgIpc) is 3.45. The summed E-state index contributed by atoms with van der Waals surface area (Å²) in [5.41, 5.74) is 3.40. The molecule has 0 aliphatic heterocycles. The number of rotatable bonds is 11. The van der Waals surface area contributed by atoms with Gasteiger partial charge in [0.1, 0.15) is 12.4 Å². The SMILES string of the molecule is CCCCC(=O)Nc1cc(C(=O)OCC)cc(C2=C(c3cc(C(F)(F)F)ccc3OCc3ccccc3)CCC2)c1. The third-order valence-corrected chi connectivity index (χ3v) is 6.92. The van der Waals surface area contributed by atoms with Gasteiger partial charge in [0.2, 0.25) is 5.91 Å². The van der Waals surface area contributed by atoms with Crippen molar-refractivity contribution in [3.8, 4) is 5.75 Å². The van der Waals surface area contributed by atoms with Crippen LogP contribution in [0.3, 0.4) is 0 Å². The molecule has 1 aliphatic carbocycles. The lowest BCUT2D eigenvalue weighted by molar-refractivity contribution is -0.137. The van der Waals surface area contributed by atoms with Crippen LogP contribution in [0.5, 0.6) is 5.75 Å². The van der Waals surface area contributed by atoms with Crippen LogP contribution in [0.25, 0.3) is 11.1 Å². The summed E-state index contributed by atoms with van der Waals surface area (Å²) in [6, 6.07) is 18.0. The summed E-state index contributed by atoms with van der Waals surface area (Å²) in [5, 5.41) is 2.87. The molecule has 8 heteroatoms. The molecule has 5 nitrogen and oxygen atoms in total. The van der Waals surface area contributed by atoms with Crippen LogP contribution in [0, 0.1) is 0 Å². The number of unbranched alkanes of at least 4 members (excludes halogenated alkanes) is 1. The molecule has 1 amide bonds. The number of benzene rings is 3. The third kappa shape index (κ3) is 7.78. The molecule has 0 unspecified atom stereocenters. The number of amides is 1. The molecule has 1 aliphatic rings. The summed E-state index contributed by atoms with van der Waals surface area (Å²) in [6.07, 6.45) is -0.724. The first-order valence-corrected chi connectivity index (χ1v) is 13.9. The predicted octanol–water partition coefficient (Wildman–Crippen LogP) is 8.68. The van der Waals surface area contributed by atoms with Crippen LogP contribution in [0.2, 0.25) is 0 Å². The first-order chi connectivity index (χ1) is 19.7. The van der Waals surface area contributed by atoms with Gasteiger partial charge >= 0.3 is 12.1 Å². The first kappa shape index (κ1) is 29.9. The second-order valence-electron chi connectivity index (χ2n) is 9.96. The zero-order valence-electron chi connectivity index (χ0n) is 23.3. The first-order valence-electron chi connectivity index (χ1n) is 13.9. The van der Waals surface area contributed by atoms with Gasteiger partial charge < -0.3 is 14.8 Å². The Hall–Kier alpha value is -4.07. The number of hydrogen-bond acceptors (Lipinski definition) is 4. The Labute approximate surface area is 238 Å². The molecule has 0 saturated heterocycles. The van der Waals surface area contributed by atoms with Crippen molar-refractivity contribution < 1.29 is 32.2 Å². The number of halogens is 3. The van der Waals surface area contributed by atoms with E-state index in [4.69, 9.17) is 9.47 Å². The van der Waals surface area contributed by atoms with E-state index in [2.05, 4.69) is 5.32 Å². The Morgan fingerprint density at radius 3 is 2.39 bits per heavy atom. The van der Waals surface area contributed by atoms with E-state index in [9.17, 15) is 22.8 Å². The molecule has 0 fully saturated rings. The number of esters is 1. The maximum Gasteiger partial charge on any atom is 0.416 e. The zero-order chi connectivity index (χ0) is 29.4. The van der Waals surface area contributed by atoms with Crippen molar-refractivity contribution in [3.05, 3.63) is 94.5 Å². The minimum atomic E-state index is -4.52. The minimum absolute atomic E-state index is 0.172. The largest absolute Gasteiger partial charge is 0.488 e. The van der Waals surface area contributed by atoms with Gasteiger partial charge in [-0.05, 0) is 91.3 Å². The second-order valence-corrected chi connectivity index (χ2v) is 9.96. The van der Waals surface area contributed by atoms with E-state index in [-0.39, 0.29) is 24.7 Å². The lowest BCUT2D eigenvalue weighted by Gasteiger charge is -2.18. The number of alkyl halides is 3. The van der Waals surface area contributed by atoms with E-state index in [0.717, 1.165) is 48.1 Å². The van der Waals surface area contributed by atoms with Crippen LogP contribution in [0.15, 0.2) is 66.7 Å². The van der Waals surface area contributed by atoms with Gasteiger partial charge in [-0.2, -0.15) is 13.2 Å². The minimum Gasteiger partial charge on any atom is -0.488 e. The summed E-state index contributed by atoms with van der Waals surface area (Å²) < 4.78 is 52.6. The van der Waals surface area contributed by atoms with E-state index >= 15 is 0 Å².